The number of nitrogens with one attached hydrogen (secondary N) is 1. The van der Waals surface area contributed by atoms with Gasteiger partial charge >= 0.3 is 11.9 Å². The zero-order valence-corrected chi connectivity index (χ0v) is 14.1. The number of halogens is 2. The molecule has 0 amide bonds. The Bertz CT molecular complexity index is 746. The lowest BCUT2D eigenvalue weighted by Gasteiger charge is -2.25. The van der Waals surface area contributed by atoms with Crippen molar-refractivity contribution in [2.75, 3.05) is 13.7 Å². The first-order valence-electron chi connectivity index (χ1n) is 7.15. The highest BCUT2D eigenvalue weighted by Crippen LogP contribution is 2.35. The van der Waals surface area contributed by atoms with E-state index in [1.165, 1.54) is 19.2 Å². The maximum atomic E-state index is 13.3. The lowest BCUT2D eigenvalue weighted by molar-refractivity contribution is -0.139. The molecule has 0 aliphatic carbocycles. The SMILES string of the molecule is CCOC(=O)C1=C(C)NC(C(=O)OC)=NC1c1ccc(F)cc1Cl. The van der Waals surface area contributed by atoms with Crippen LogP contribution in [0.25, 0.3) is 0 Å². The fourth-order valence-corrected chi connectivity index (χ4v) is 2.57. The van der Waals surface area contributed by atoms with Crippen molar-refractivity contribution in [1.29, 1.82) is 0 Å². The molecule has 1 aliphatic rings. The summed E-state index contributed by atoms with van der Waals surface area (Å²) in [5.41, 5.74) is 0.954. The van der Waals surface area contributed by atoms with Crippen molar-refractivity contribution in [3.63, 3.8) is 0 Å². The molecule has 0 aromatic heterocycles. The molecule has 0 saturated carbocycles. The molecule has 1 N–H and O–H groups in total. The summed E-state index contributed by atoms with van der Waals surface area (Å²) in [6.45, 7) is 3.45. The number of allylic oxidation sites excluding steroid dienone is 1. The molecule has 1 aromatic rings. The average Bonchev–Trinajstić information content (AvgIpc) is 2.53. The summed E-state index contributed by atoms with van der Waals surface area (Å²) in [7, 11) is 1.21. The van der Waals surface area contributed by atoms with Crippen LogP contribution in [0.1, 0.15) is 25.5 Å². The van der Waals surface area contributed by atoms with E-state index in [1.807, 2.05) is 0 Å². The topological polar surface area (TPSA) is 77.0 Å². The Morgan fingerprint density at radius 1 is 1.38 bits per heavy atom. The van der Waals surface area contributed by atoms with Gasteiger partial charge in [-0.1, -0.05) is 17.7 Å². The fraction of sp³-hybridized carbons (Fsp3) is 0.312. The number of benzene rings is 1. The first kappa shape index (κ1) is 17.9. The van der Waals surface area contributed by atoms with E-state index in [9.17, 15) is 14.0 Å². The summed E-state index contributed by atoms with van der Waals surface area (Å²) < 4.78 is 23.0. The molecule has 24 heavy (non-hydrogen) atoms. The van der Waals surface area contributed by atoms with Crippen LogP contribution in [0.4, 0.5) is 4.39 Å². The summed E-state index contributed by atoms with van der Waals surface area (Å²) in [5.74, 6) is -1.89. The third kappa shape index (κ3) is 3.56. The van der Waals surface area contributed by atoms with Gasteiger partial charge in [-0.3, -0.25) is 0 Å². The summed E-state index contributed by atoms with van der Waals surface area (Å²) in [5, 5.41) is 2.81. The van der Waals surface area contributed by atoms with E-state index in [1.54, 1.807) is 13.8 Å². The van der Waals surface area contributed by atoms with E-state index >= 15 is 0 Å². The Kier molecular flexibility index (Phi) is 5.56. The number of aliphatic imine (C=N–C) groups is 1. The van der Waals surface area contributed by atoms with Gasteiger partial charge in [0, 0.05) is 16.3 Å². The molecule has 0 radical (unpaired) electrons. The Hall–Kier alpha value is -2.41. The summed E-state index contributed by atoms with van der Waals surface area (Å²) >= 11 is 6.10. The van der Waals surface area contributed by atoms with Gasteiger partial charge in [0.25, 0.3) is 0 Å². The standard InChI is InChI=1S/C16H16ClFN2O4/c1-4-24-15(21)12-8(2)19-14(16(22)23-3)20-13(12)10-6-5-9(18)7-11(10)17/h5-7,13H,4H2,1-3H3,(H,19,20). The van der Waals surface area contributed by atoms with Gasteiger partial charge in [0.2, 0.25) is 5.84 Å². The van der Waals surface area contributed by atoms with Gasteiger partial charge in [-0.15, -0.1) is 0 Å². The Balaban J connectivity index is 2.57. The molecule has 1 heterocycles. The van der Waals surface area contributed by atoms with Gasteiger partial charge in [0.15, 0.2) is 0 Å². The number of carbonyl (C=O) groups is 2. The van der Waals surface area contributed by atoms with Crippen molar-refractivity contribution in [2.24, 2.45) is 4.99 Å². The van der Waals surface area contributed by atoms with Crippen LogP contribution >= 0.6 is 11.6 Å². The average molecular weight is 355 g/mol. The first-order valence-corrected chi connectivity index (χ1v) is 7.52. The monoisotopic (exact) mass is 354 g/mol. The highest BCUT2D eigenvalue weighted by Gasteiger charge is 2.33. The first-order chi connectivity index (χ1) is 11.4. The number of hydrogen-bond acceptors (Lipinski definition) is 6. The van der Waals surface area contributed by atoms with Gasteiger partial charge in [0.05, 0.1) is 19.3 Å². The smallest absolute Gasteiger partial charge is 0.373 e. The zero-order valence-electron chi connectivity index (χ0n) is 13.4. The second-order valence-electron chi connectivity index (χ2n) is 4.92. The van der Waals surface area contributed by atoms with E-state index in [0.717, 1.165) is 6.07 Å². The molecule has 0 saturated heterocycles. The molecule has 6 nitrogen and oxygen atoms in total. The number of ether oxygens (including phenoxy) is 2. The number of hydrogen-bond donors (Lipinski definition) is 1. The molecule has 8 heteroatoms. The van der Waals surface area contributed by atoms with E-state index in [4.69, 9.17) is 16.3 Å². The van der Waals surface area contributed by atoms with Crippen LogP contribution in [0.15, 0.2) is 34.5 Å². The van der Waals surface area contributed by atoms with E-state index in [0.29, 0.717) is 11.3 Å². The van der Waals surface area contributed by atoms with Crippen molar-refractivity contribution >= 4 is 29.4 Å². The maximum absolute atomic E-state index is 13.3. The third-order valence-corrected chi connectivity index (χ3v) is 3.70. The van der Waals surface area contributed by atoms with Gasteiger partial charge < -0.3 is 14.8 Å². The predicted molar refractivity (Wildman–Crippen MR) is 86.1 cm³/mol. The molecule has 1 unspecified atom stereocenters. The van der Waals surface area contributed by atoms with Crippen molar-refractivity contribution in [1.82, 2.24) is 5.32 Å². The molecular formula is C16H16ClFN2O4. The number of rotatable bonds is 4. The van der Waals surface area contributed by atoms with Gasteiger partial charge in [0.1, 0.15) is 11.9 Å². The summed E-state index contributed by atoms with van der Waals surface area (Å²) in [6, 6.07) is 2.82. The molecule has 1 aromatic carbocycles. The number of nitrogens with zero attached hydrogens (tertiary/aromatic N) is 1. The van der Waals surface area contributed by atoms with E-state index < -0.39 is 23.8 Å². The number of esters is 2. The van der Waals surface area contributed by atoms with Crippen LogP contribution < -0.4 is 5.32 Å². The Labute approximate surface area is 143 Å². The molecule has 2 rings (SSSR count). The summed E-state index contributed by atoms with van der Waals surface area (Å²) in [4.78, 5) is 28.3. The second kappa shape index (κ2) is 7.44. The molecule has 0 bridgehead atoms. The number of methoxy groups -OCH3 is 1. The predicted octanol–water partition coefficient (Wildman–Crippen LogP) is 2.53. The summed E-state index contributed by atoms with van der Waals surface area (Å²) in [6.07, 6.45) is 0. The van der Waals surface area contributed by atoms with Crippen LogP contribution in [-0.2, 0) is 19.1 Å². The molecular weight excluding hydrogens is 339 g/mol. The van der Waals surface area contributed by atoms with Crippen LogP contribution in [0.5, 0.6) is 0 Å². The van der Waals surface area contributed by atoms with Crippen molar-refractivity contribution in [3.8, 4) is 0 Å². The third-order valence-electron chi connectivity index (χ3n) is 3.37. The molecule has 1 atom stereocenters. The second-order valence-corrected chi connectivity index (χ2v) is 5.33. The minimum Gasteiger partial charge on any atom is -0.463 e. The normalized spacial score (nSPS) is 17.0. The minimum atomic E-state index is -0.910. The van der Waals surface area contributed by atoms with Gasteiger partial charge in [-0.2, -0.15) is 0 Å². The number of amidine groups is 1. The van der Waals surface area contributed by atoms with Crippen molar-refractivity contribution in [2.45, 2.75) is 19.9 Å². The van der Waals surface area contributed by atoms with Gasteiger partial charge in [-0.05, 0) is 26.0 Å². The van der Waals surface area contributed by atoms with Gasteiger partial charge in [-0.25, -0.2) is 19.0 Å². The highest BCUT2D eigenvalue weighted by molar-refractivity contribution is 6.36. The quantitative estimate of drug-likeness (QED) is 0.841. The van der Waals surface area contributed by atoms with E-state index in [2.05, 4.69) is 15.0 Å². The van der Waals surface area contributed by atoms with Crippen LogP contribution in [0.3, 0.4) is 0 Å². The van der Waals surface area contributed by atoms with Crippen LogP contribution in [-0.4, -0.2) is 31.5 Å². The number of carbonyl (C=O) groups excluding carboxylic acids is 2. The largest absolute Gasteiger partial charge is 0.463 e. The Morgan fingerprint density at radius 3 is 2.67 bits per heavy atom. The van der Waals surface area contributed by atoms with Crippen LogP contribution in [0, 0.1) is 5.82 Å². The van der Waals surface area contributed by atoms with E-state index in [-0.39, 0.29) is 23.0 Å². The minimum absolute atomic E-state index is 0.0755. The highest BCUT2D eigenvalue weighted by atomic mass is 35.5. The molecule has 1 aliphatic heterocycles. The lowest BCUT2D eigenvalue weighted by atomic mass is 9.96. The molecule has 128 valence electrons. The maximum Gasteiger partial charge on any atom is 0.373 e. The van der Waals surface area contributed by atoms with Crippen molar-refractivity contribution in [3.05, 3.63) is 45.9 Å². The Morgan fingerprint density at radius 2 is 2.08 bits per heavy atom. The van der Waals surface area contributed by atoms with Crippen molar-refractivity contribution < 1.29 is 23.5 Å². The lowest BCUT2D eigenvalue weighted by Crippen LogP contribution is -2.37. The zero-order chi connectivity index (χ0) is 17.9. The molecule has 0 fully saturated rings. The molecule has 0 spiro atoms. The fourth-order valence-electron chi connectivity index (χ4n) is 2.30. The van der Waals surface area contributed by atoms with Crippen LogP contribution in [0.2, 0.25) is 5.02 Å².